The molecule has 0 radical (unpaired) electrons. The van der Waals surface area contributed by atoms with Gasteiger partial charge in [0.15, 0.2) is 0 Å². The lowest BCUT2D eigenvalue weighted by Crippen LogP contribution is -2.27. The zero-order chi connectivity index (χ0) is 12.3. The maximum atomic E-state index is 12.8. The van der Waals surface area contributed by atoms with Gasteiger partial charge in [-0.15, -0.1) is 6.42 Å². The maximum Gasteiger partial charge on any atom is 0.243 e. The van der Waals surface area contributed by atoms with Gasteiger partial charge in [0.05, 0.1) is 11.4 Å². The van der Waals surface area contributed by atoms with E-state index in [4.69, 9.17) is 6.42 Å². The molecule has 0 spiro atoms. The predicted octanol–water partition coefficient (Wildman–Crippen LogP) is 1.39. The number of nitrogens with zero attached hydrogens (tertiary/aromatic N) is 1. The first-order valence-corrected chi connectivity index (χ1v) is 5.99. The molecule has 0 aliphatic heterocycles. The number of terminal acetylenes is 1. The van der Waals surface area contributed by atoms with Crippen LogP contribution in [0.4, 0.5) is 4.39 Å². The molecule has 0 saturated carbocycles. The van der Waals surface area contributed by atoms with Gasteiger partial charge in [-0.05, 0) is 30.7 Å². The first-order chi connectivity index (χ1) is 7.39. The van der Waals surface area contributed by atoms with E-state index in [9.17, 15) is 12.8 Å². The molecule has 0 aliphatic carbocycles. The summed E-state index contributed by atoms with van der Waals surface area (Å²) in [4.78, 5) is 0.0756. The van der Waals surface area contributed by atoms with Gasteiger partial charge in [0.2, 0.25) is 10.0 Å². The highest BCUT2D eigenvalue weighted by Gasteiger charge is 2.21. The van der Waals surface area contributed by atoms with Crippen molar-refractivity contribution in [1.29, 1.82) is 0 Å². The lowest BCUT2D eigenvalue weighted by atomic mass is 10.2. The second kappa shape index (κ2) is 4.64. The van der Waals surface area contributed by atoms with Crippen molar-refractivity contribution in [2.45, 2.75) is 11.8 Å². The van der Waals surface area contributed by atoms with Gasteiger partial charge in [-0.25, -0.2) is 12.8 Å². The molecule has 16 heavy (non-hydrogen) atoms. The molecule has 0 amide bonds. The summed E-state index contributed by atoms with van der Waals surface area (Å²) in [6.07, 6.45) is 5.05. The normalized spacial score (nSPS) is 11.4. The van der Waals surface area contributed by atoms with Crippen LogP contribution in [0.2, 0.25) is 0 Å². The van der Waals surface area contributed by atoms with Crippen molar-refractivity contribution in [2.75, 3.05) is 13.6 Å². The molecule has 1 aromatic rings. The van der Waals surface area contributed by atoms with Gasteiger partial charge < -0.3 is 0 Å². The van der Waals surface area contributed by atoms with Crippen LogP contribution in [0.15, 0.2) is 23.1 Å². The van der Waals surface area contributed by atoms with Crippen molar-refractivity contribution in [2.24, 2.45) is 0 Å². The highest BCUT2D eigenvalue weighted by molar-refractivity contribution is 7.89. The van der Waals surface area contributed by atoms with Gasteiger partial charge in [-0.2, -0.15) is 4.31 Å². The summed E-state index contributed by atoms with van der Waals surface area (Å²) < 4.78 is 37.8. The topological polar surface area (TPSA) is 37.4 Å². The molecule has 86 valence electrons. The molecule has 0 bridgehead atoms. The highest BCUT2D eigenvalue weighted by Crippen LogP contribution is 2.19. The van der Waals surface area contributed by atoms with Crippen LogP contribution < -0.4 is 0 Å². The van der Waals surface area contributed by atoms with Gasteiger partial charge in [0.25, 0.3) is 0 Å². The minimum absolute atomic E-state index is 0.0147. The van der Waals surface area contributed by atoms with E-state index in [0.29, 0.717) is 5.56 Å². The van der Waals surface area contributed by atoms with Crippen molar-refractivity contribution >= 4 is 10.0 Å². The predicted molar refractivity (Wildman–Crippen MR) is 59.8 cm³/mol. The van der Waals surface area contributed by atoms with Crippen LogP contribution in [0.3, 0.4) is 0 Å². The Balaban J connectivity index is 3.23. The number of rotatable bonds is 3. The summed E-state index contributed by atoms with van der Waals surface area (Å²) in [6, 6.07) is 3.53. The molecular weight excluding hydrogens is 229 g/mol. The minimum Gasteiger partial charge on any atom is -0.207 e. The van der Waals surface area contributed by atoms with E-state index in [0.717, 1.165) is 10.4 Å². The molecule has 0 heterocycles. The van der Waals surface area contributed by atoms with Crippen LogP contribution in [-0.4, -0.2) is 26.3 Å². The van der Waals surface area contributed by atoms with Crippen LogP contribution in [-0.2, 0) is 10.0 Å². The number of sulfonamides is 1. The lowest BCUT2D eigenvalue weighted by Gasteiger charge is -2.15. The Kier molecular flexibility index (Phi) is 3.68. The standard InChI is InChI=1S/C11H12FNO2S/c1-4-7-13(3)16(14,15)11-6-5-10(12)8-9(11)2/h1,5-6,8H,7H2,2-3H3. The monoisotopic (exact) mass is 241 g/mol. The first kappa shape index (κ1) is 12.7. The third kappa shape index (κ3) is 2.40. The second-order valence-corrected chi connectivity index (χ2v) is 5.39. The molecule has 3 nitrogen and oxygen atoms in total. The van der Waals surface area contributed by atoms with Crippen LogP contribution in [0.25, 0.3) is 0 Å². The highest BCUT2D eigenvalue weighted by atomic mass is 32.2. The lowest BCUT2D eigenvalue weighted by molar-refractivity contribution is 0.502. The first-order valence-electron chi connectivity index (χ1n) is 4.55. The second-order valence-electron chi connectivity index (χ2n) is 3.38. The van der Waals surface area contributed by atoms with Crippen LogP contribution in [0.5, 0.6) is 0 Å². The molecule has 5 heteroatoms. The third-order valence-corrected chi connectivity index (χ3v) is 4.10. The number of benzene rings is 1. The van der Waals surface area contributed by atoms with Crippen molar-refractivity contribution in [3.8, 4) is 12.3 Å². The third-order valence-electron chi connectivity index (χ3n) is 2.14. The van der Waals surface area contributed by atoms with E-state index >= 15 is 0 Å². The average Bonchev–Trinajstić information content (AvgIpc) is 2.17. The van der Waals surface area contributed by atoms with Crippen LogP contribution in [0, 0.1) is 25.1 Å². The van der Waals surface area contributed by atoms with E-state index in [1.807, 2.05) is 0 Å². The summed E-state index contributed by atoms with van der Waals surface area (Å²) in [5.74, 6) is 1.78. The fourth-order valence-electron chi connectivity index (χ4n) is 1.28. The molecule has 0 aliphatic rings. The number of hydrogen-bond donors (Lipinski definition) is 0. The zero-order valence-electron chi connectivity index (χ0n) is 9.07. The van der Waals surface area contributed by atoms with Crippen molar-refractivity contribution < 1.29 is 12.8 Å². The Bertz CT molecular complexity index is 531. The summed E-state index contributed by atoms with van der Waals surface area (Å²) in [5, 5.41) is 0. The van der Waals surface area contributed by atoms with Crippen LogP contribution >= 0.6 is 0 Å². The van der Waals surface area contributed by atoms with E-state index in [2.05, 4.69) is 5.92 Å². The molecule has 0 aromatic heterocycles. The molecule has 1 rings (SSSR count). The smallest absolute Gasteiger partial charge is 0.207 e. The fraction of sp³-hybridized carbons (Fsp3) is 0.273. The van der Waals surface area contributed by atoms with Crippen molar-refractivity contribution in [1.82, 2.24) is 4.31 Å². The molecular formula is C11H12FNO2S. The van der Waals surface area contributed by atoms with E-state index in [1.165, 1.54) is 19.2 Å². The Morgan fingerprint density at radius 2 is 2.12 bits per heavy atom. The summed E-state index contributed by atoms with van der Waals surface area (Å²) in [5.41, 5.74) is 0.365. The SMILES string of the molecule is C#CCN(C)S(=O)(=O)c1ccc(F)cc1C. The summed E-state index contributed by atoms with van der Waals surface area (Å²) >= 11 is 0. The summed E-state index contributed by atoms with van der Waals surface area (Å²) in [6.45, 7) is 1.53. The molecule has 0 N–H and O–H groups in total. The molecule has 0 unspecified atom stereocenters. The van der Waals surface area contributed by atoms with E-state index < -0.39 is 15.8 Å². The molecule has 1 aromatic carbocycles. The fourth-order valence-corrected chi connectivity index (χ4v) is 2.57. The number of hydrogen-bond acceptors (Lipinski definition) is 2. The maximum absolute atomic E-state index is 12.8. The van der Waals surface area contributed by atoms with E-state index in [1.54, 1.807) is 6.92 Å². The van der Waals surface area contributed by atoms with Gasteiger partial charge in [-0.1, -0.05) is 5.92 Å². The van der Waals surface area contributed by atoms with Crippen molar-refractivity contribution in [3.05, 3.63) is 29.6 Å². The zero-order valence-corrected chi connectivity index (χ0v) is 9.88. The molecule has 0 atom stereocenters. The van der Waals surface area contributed by atoms with Crippen molar-refractivity contribution in [3.63, 3.8) is 0 Å². The Hall–Kier alpha value is -1.38. The average molecular weight is 241 g/mol. The van der Waals surface area contributed by atoms with Gasteiger partial charge >= 0.3 is 0 Å². The quantitative estimate of drug-likeness (QED) is 0.750. The Labute approximate surface area is 94.9 Å². The van der Waals surface area contributed by atoms with Gasteiger partial charge in [-0.3, -0.25) is 0 Å². The largest absolute Gasteiger partial charge is 0.243 e. The minimum atomic E-state index is -3.62. The number of aryl methyl sites for hydroxylation is 1. The Morgan fingerprint density at radius 3 is 2.62 bits per heavy atom. The summed E-state index contributed by atoms with van der Waals surface area (Å²) in [7, 11) is -2.24. The molecule has 0 fully saturated rings. The van der Waals surface area contributed by atoms with Gasteiger partial charge in [0.1, 0.15) is 5.82 Å². The van der Waals surface area contributed by atoms with Crippen LogP contribution in [0.1, 0.15) is 5.56 Å². The van der Waals surface area contributed by atoms with Gasteiger partial charge in [0, 0.05) is 7.05 Å². The Morgan fingerprint density at radius 1 is 1.50 bits per heavy atom. The van der Waals surface area contributed by atoms with E-state index in [-0.39, 0.29) is 11.4 Å². The number of halogens is 1. The molecule has 0 saturated heterocycles.